The molecule has 10 heteroatoms. The molecule has 0 aromatic heterocycles. The summed E-state index contributed by atoms with van der Waals surface area (Å²) in [6.45, 7) is 11.8. The number of allylic oxidation sites excluding steroid dienone is 1. The van der Waals surface area contributed by atoms with Crippen LogP contribution < -0.4 is 14.2 Å². The number of ether oxygens (including phenoxy) is 4. The SMILES string of the molecule is C=CC(=O)Oc1ccc(C(=O)OCCc2ccc(OC(=O)c3ccc(OC(=O)C=C)cc3)c(/C=N/CC(CC)C3=CC(CC)c4ccccc4S3)c2)cc1. The van der Waals surface area contributed by atoms with Crippen LogP contribution in [0.2, 0.25) is 0 Å². The summed E-state index contributed by atoms with van der Waals surface area (Å²) in [5, 5.41) is 0. The highest BCUT2D eigenvalue weighted by Gasteiger charge is 2.23. The first-order valence-electron chi connectivity index (χ1n) is 17.6. The Balaban J connectivity index is 1.30. The maximum absolute atomic E-state index is 13.2. The number of benzene rings is 4. The quantitative estimate of drug-likeness (QED) is 0.0479. The molecular formula is C44H41NO8S. The fourth-order valence-corrected chi connectivity index (χ4v) is 7.05. The van der Waals surface area contributed by atoms with Gasteiger partial charge in [0.25, 0.3) is 0 Å². The van der Waals surface area contributed by atoms with Gasteiger partial charge in [-0.1, -0.05) is 69.1 Å². The molecule has 54 heavy (non-hydrogen) atoms. The molecule has 0 saturated carbocycles. The van der Waals surface area contributed by atoms with E-state index in [0.717, 1.165) is 30.6 Å². The van der Waals surface area contributed by atoms with E-state index < -0.39 is 23.9 Å². The van der Waals surface area contributed by atoms with E-state index in [9.17, 15) is 19.2 Å². The number of esters is 4. The van der Waals surface area contributed by atoms with Crippen molar-refractivity contribution < 1.29 is 38.1 Å². The average molecular weight is 744 g/mol. The average Bonchev–Trinajstić information content (AvgIpc) is 3.20. The molecule has 1 heterocycles. The molecule has 2 unspecified atom stereocenters. The van der Waals surface area contributed by atoms with Crippen LogP contribution in [0.3, 0.4) is 0 Å². The van der Waals surface area contributed by atoms with E-state index in [4.69, 9.17) is 23.9 Å². The van der Waals surface area contributed by atoms with E-state index in [-0.39, 0.29) is 29.6 Å². The summed E-state index contributed by atoms with van der Waals surface area (Å²) in [7, 11) is 0. The summed E-state index contributed by atoms with van der Waals surface area (Å²) >= 11 is 1.81. The van der Waals surface area contributed by atoms with Gasteiger partial charge in [-0.25, -0.2) is 19.2 Å². The monoisotopic (exact) mass is 743 g/mol. The molecule has 4 aromatic carbocycles. The fourth-order valence-electron chi connectivity index (χ4n) is 5.67. The third kappa shape index (κ3) is 10.5. The highest BCUT2D eigenvalue weighted by atomic mass is 32.2. The predicted molar refractivity (Wildman–Crippen MR) is 210 cm³/mol. The second-order valence-electron chi connectivity index (χ2n) is 12.3. The lowest BCUT2D eigenvalue weighted by molar-refractivity contribution is -0.129. The topological polar surface area (TPSA) is 118 Å². The molecule has 4 aromatic rings. The molecule has 0 radical (unpaired) electrons. The molecule has 1 aliphatic rings. The standard InChI is InChI=1S/C44H41NO8S/c1-5-30-26-40(54-39-12-10-9-11-37(30)39)31(6-2)27-45-28-34-25-29(23-24-50-43(48)32-14-18-35(19-15-32)51-41(46)7-3)13-22-38(34)53-44(49)33-16-20-36(21-17-33)52-42(47)8-4/h7-22,25-26,28,30-31H,3-6,23-24,27H2,1-2H3/b45-28+. The van der Waals surface area contributed by atoms with Crippen LogP contribution in [0.5, 0.6) is 17.2 Å². The molecular weight excluding hydrogens is 703 g/mol. The van der Waals surface area contributed by atoms with Gasteiger partial charge >= 0.3 is 23.9 Å². The molecule has 9 nitrogen and oxygen atoms in total. The van der Waals surface area contributed by atoms with Crippen LogP contribution in [0.1, 0.15) is 70.0 Å². The highest BCUT2D eigenvalue weighted by Crippen LogP contribution is 2.45. The molecule has 276 valence electrons. The van der Waals surface area contributed by atoms with Gasteiger partial charge in [0.15, 0.2) is 0 Å². The van der Waals surface area contributed by atoms with Gasteiger partial charge in [-0.2, -0.15) is 0 Å². The number of aliphatic imine (C=N–C) groups is 1. The summed E-state index contributed by atoms with van der Waals surface area (Å²) < 4.78 is 21.5. The lowest BCUT2D eigenvalue weighted by Gasteiger charge is -2.27. The summed E-state index contributed by atoms with van der Waals surface area (Å²) in [5.74, 6) is -0.900. The number of hydrogen-bond acceptors (Lipinski definition) is 10. The largest absolute Gasteiger partial charge is 0.462 e. The third-order valence-electron chi connectivity index (χ3n) is 8.65. The molecule has 0 fully saturated rings. The lowest BCUT2D eigenvalue weighted by Crippen LogP contribution is -2.12. The zero-order chi connectivity index (χ0) is 38.5. The Kier molecular flexibility index (Phi) is 13.9. The van der Waals surface area contributed by atoms with E-state index in [0.29, 0.717) is 35.8 Å². The van der Waals surface area contributed by atoms with Crippen molar-refractivity contribution in [2.45, 2.75) is 43.9 Å². The first kappa shape index (κ1) is 39.2. The normalized spacial score (nSPS) is 13.9. The fraction of sp³-hybridized carbons (Fsp3) is 0.205. The molecule has 0 saturated heterocycles. The number of carbonyl (C=O) groups is 4. The van der Waals surface area contributed by atoms with Crippen molar-refractivity contribution in [2.24, 2.45) is 10.9 Å². The molecule has 0 aliphatic carbocycles. The Morgan fingerprint density at radius 1 is 0.796 bits per heavy atom. The first-order chi connectivity index (χ1) is 26.2. The van der Waals surface area contributed by atoms with Crippen LogP contribution in [0.4, 0.5) is 0 Å². The van der Waals surface area contributed by atoms with Gasteiger partial charge in [0, 0.05) is 53.6 Å². The van der Waals surface area contributed by atoms with Crippen LogP contribution in [-0.4, -0.2) is 43.2 Å². The van der Waals surface area contributed by atoms with Gasteiger partial charge in [0.1, 0.15) is 17.2 Å². The van der Waals surface area contributed by atoms with Crippen LogP contribution in [0, 0.1) is 5.92 Å². The second-order valence-corrected chi connectivity index (χ2v) is 13.4. The van der Waals surface area contributed by atoms with Crippen molar-refractivity contribution in [3.8, 4) is 17.2 Å². The van der Waals surface area contributed by atoms with Crippen LogP contribution >= 0.6 is 11.8 Å². The van der Waals surface area contributed by atoms with E-state index in [1.165, 1.54) is 63.9 Å². The molecule has 0 N–H and O–H groups in total. The van der Waals surface area contributed by atoms with Gasteiger partial charge in [-0.15, -0.1) is 0 Å². The second kappa shape index (κ2) is 19.2. The summed E-state index contributed by atoms with van der Waals surface area (Å²) in [6.07, 6.45) is 8.51. The van der Waals surface area contributed by atoms with Crippen molar-refractivity contribution in [1.82, 2.24) is 0 Å². The molecule has 2 atom stereocenters. The smallest absolute Gasteiger partial charge is 0.343 e. The van der Waals surface area contributed by atoms with E-state index in [1.807, 2.05) is 6.07 Å². The van der Waals surface area contributed by atoms with Gasteiger partial charge in [0.05, 0.1) is 17.7 Å². The Labute approximate surface area is 319 Å². The summed E-state index contributed by atoms with van der Waals surface area (Å²) in [4.78, 5) is 56.3. The lowest BCUT2D eigenvalue weighted by atomic mass is 9.93. The third-order valence-corrected chi connectivity index (χ3v) is 9.95. The Bertz CT molecular complexity index is 2070. The van der Waals surface area contributed by atoms with E-state index in [1.54, 1.807) is 30.1 Å². The van der Waals surface area contributed by atoms with Crippen molar-refractivity contribution in [3.05, 3.63) is 155 Å². The van der Waals surface area contributed by atoms with Gasteiger partial charge in [-0.05, 0) is 95.6 Å². The zero-order valence-electron chi connectivity index (χ0n) is 30.2. The van der Waals surface area contributed by atoms with Gasteiger partial charge < -0.3 is 18.9 Å². The maximum atomic E-state index is 13.2. The molecule has 0 spiro atoms. The number of rotatable bonds is 16. The molecule has 5 rings (SSSR count). The molecule has 1 aliphatic heterocycles. The van der Waals surface area contributed by atoms with Crippen molar-refractivity contribution in [2.75, 3.05) is 13.2 Å². The van der Waals surface area contributed by atoms with Crippen LogP contribution in [0.15, 0.2) is 137 Å². The highest BCUT2D eigenvalue weighted by molar-refractivity contribution is 8.03. The summed E-state index contributed by atoms with van der Waals surface area (Å²) in [5.41, 5.74) is 3.35. The number of nitrogens with zero attached hydrogens (tertiary/aromatic N) is 1. The van der Waals surface area contributed by atoms with Crippen molar-refractivity contribution in [1.29, 1.82) is 0 Å². The minimum atomic E-state index is -0.606. The number of carbonyl (C=O) groups excluding carboxylic acids is 4. The van der Waals surface area contributed by atoms with E-state index in [2.05, 4.69) is 57.3 Å². The number of thioether (sulfide) groups is 1. The van der Waals surface area contributed by atoms with E-state index >= 15 is 0 Å². The Morgan fingerprint density at radius 2 is 1.43 bits per heavy atom. The Morgan fingerprint density at radius 3 is 2.04 bits per heavy atom. The summed E-state index contributed by atoms with van der Waals surface area (Å²) in [6, 6.07) is 26.0. The molecule has 0 amide bonds. The van der Waals surface area contributed by atoms with Gasteiger partial charge in [0.2, 0.25) is 0 Å². The molecule has 0 bridgehead atoms. The number of fused-ring (bicyclic) bond motifs is 1. The van der Waals surface area contributed by atoms with Gasteiger partial charge in [-0.3, -0.25) is 4.99 Å². The minimum absolute atomic E-state index is 0.0912. The number of hydrogen-bond donors (Lipinski definition) is 0. The Hall–Kier alpha value is -6.00. The predicted octanol–water partition coefficient (Wildman–Crippen LogP) is 9.12. The van der Waals surface area contributed by atoms with Crippen LogP contribution in [-0.2, 0) is 20.7 Å². The minimum Gasteiger partial charge on any atom is -0.462 e. The zero-order valence-corrected chi connectivity index (χ0v) is 31.0. The maximum Gasteiger partial charge on any atom is 0.343 e. The van der Waals surface area contributed by atoms with Crippen molar-refractivity contribution >= 4 is 41.9 Å². The first-order valence-corrected chi connectivity index (χ1v) is 18.4. The van der Waals surface area contributed by atoms with Crippen molar-refractivity contribution in [3.63, 3.8) is 0 Å². The van der Waals surface area contributed by atoms with Crippen LogP contribution in [0.25, 0.3) is 0 Å².